The number of nitrogens with two attached hydrogens (primary N) is 1. The summed E-state index contributed by atoms with van der Waals surface area (Å²) in [5.41, 5.74) is 7.15. The normalized spacial score (nSPS) is 27.5. The van der Waals surface area contributed by atoms with E-state index in [9.17, 15) is 0 Å². The van der Waals surface area contributed by atoms with Crippen molar-refractivity contribution in [3.63, 3.8) is 0 Å². The van der Waals surface area contributed by atoms with E-state index in [1.54, 1.807) is 7.11 Å². The molecule has 0 spiro atoms. The average Bonchev–Trinajstić information content (AvgIpc) is 2.35. The van der Waals surface area contributed by atoms with Gasteiger partial charge in [-0.15, -0.1) is 24.0 Å². The molecule has 1 aliphatic rings. The molecule has 0 unspecified atom stereocenters. The minimum Gasteiger partial charge on any atom is -0.381 e. The maximum Gasteiger partial charge on any atom is 0.188 e. The lowest BCUT2D eigenvalue weighted by atomic mass is 9.75. The smallest absolute Gasteiger partial charge is 0.188 e. The number of halogens is 1. The summed E-state index contributed by atoms with van der Waals surface area (Å²) >= 11 is 0. The van der Waals surface area contributed by atoms with Crippen molar-refractivity contribution in [3.8, 4) is 0 Å². The van der Waals surface area contributed by atoms with Gasteiger partial charge in [-0.2, -0.15) is 0 Å². The number of nitrogens with one attached hydrogen (secondary N) is 1. The van der Waals surface area contributed by atoms with Crippen LogP contribution in [0.4, 0.5) is 0 Å². The molecule has 19 heavy (non-hydrogen) atoms. The third kappa shape index (κ3) is 7.15. The Hall–Kier alpha value is -0.300. The number of nitrogens with zero attached hydrogens (tertiary/aromatic N) is 1. The standard InChI is InChI=1S/C14H27N3O.HI/c1-11(2)9-16-13(15)17-10-14(3)7-5-12(18-4)6-8-14;/h12H,1,5-10H2,2-4H3,(H3,15,16,17);1H. The van der Waals surface area contributed by atoms with Crippen molar-refractivity contribution < 1.29 is 4.74 Å². The molecule has 3 N–H and O–H groups in total. The minimum atomic E-state index is 0. The van der Waals surface area contributed by atoms with Crippen molar-refractivity contribution in [2.24, 2.45) is 16.1 Å². The number of rotatable bonds is 5. The Bertz CT molecular complexity index is 310. The molecule has 112 valence electrons. The molecule has 0 aliphatic heterocycles. The number of guanidine groups is 1. The van der Waals surface area contributed by atoms with Gasteiger partial charge in [0.25, 0.3) is 0 Å². The molecule has 1 saturated carbocycles. The summed E-state index contributed by atoms with van der Waals surface area (Å²) in [4.78, 5) is 4.44. The SMILES string of the molecule is C=C(C)CNC(N)=NCC1(C)CCC(OC)CC1.I. The molecule has 1 fully saturated rings. The lowest BCUT2D eigenvalue weighted by molar-refractivity contribution is 0.0353. The quantitative estimate of drug-likeness (QED) is 0.333. The van der Waals surface area contributed by atoms with Gasteiger partial charge < -0.3 is 15.8 Å². The highest BCUT2D eigenvalue weighted by molar-refractivity contribution is 14.0. The van der Waals surface area contributed by atoms with Crippen molar-refractivity contribution in [2.45, 2.75) is 45.6 Å². The Morgan fingerprint density at radius 1 is 1.47 bits per heavy atom. The van der Waals surface area contributed by atoms with Crippen LogP contribution in [-0.2, 0) is 4.74 Å². The lowest BCUT2D eigenvalue weighted by Crippen LogP contribution is -2.35. The van der Waals surface area contributed by atoms with Crippen molar-refractivity contribution in [2.75, 3.05) is 20.2 Å². The van der Waals surface area contributed by atoms with E-state index in [2.05, 4.69) is 23.8 Å². The van der Waals surface area contributed by atoms with E-state index < -0.39 is 0 Å². The minimum absolute atomic E-state index is 0. The summed E-state index contributed by atoms with van der Waals surface area (Å²) < 4.78 is 5.39. The second-order valence-electron chi connectivity index (χ2n) is 5.76. The fraction of sp³-hybridized carbons (Fsp3) is 0.786. The summed E-state index contributed by atoms with van der Waals surface area (Å²) in [6.07, 6.45) is 5.00. The van der Waals surface area contributed by atoms with Crippen molar-refractivity contribution in [3.05, 3.63) is 12.2 Å². The molecule has 0 atom stereocenters. The third-order valence-electron chi connectivity index (χ3n) is 3.68. The maximum absolute atomic E-state index is 5.82. The zero-order valence-corrected chi connectivity index (χ0v) is 14.7. The Balaban J connectivity index is 0.00000324. The van der Waals surface area contributed by atoms with Gasteiger partial charge in [0.05, 0.1) is 6.10 Å². The molecule has 0 heterocycles. The molecule has 0 radical (unpaired) electrons. The molecule has 0 saturated heterocycles. The van der Waals surface area contributed by atoms with Crippen LogP contribution >= 0.6 is 24.0 Å². The predicted molar refractivity (Wildman–Crippen MR) is 92.1 cm³/mol. The lowest BCUT2D eigenvalue weighted by Gasteiger charge is -2.35. The van der Waals surface area contributed by atoms with Gasteiger partial charge in [0.1, 0.15) is 0 Å². The number of aliphatic imine (C=N–C) groups is 1. The molecule has 0 aromatic heterocycles. The van der Waals surface area contributed by atoms with Crippen LogP contribution in [0.2, 0.25) is 0 Å². The zero-order valence-electron chi connectivity index (χ0n) is 12.4. The molecule has 0 bridgehead atoms. The first-order valence-corrected chi connectivity index (χ1v) is 6.66. The van der Waals surface area contributed by atoms with E-state index >= 15 is 0 Å². The second-order valence-corrected chi connectivity index (χ2v) is 5.76. The topological polar surface area (TPSA) is 59.6 Å². The highest BCUT2D eigenvalue weighted by Gasteiger charge is 2.30. The Morgan fingerprint density at radius 3 is 2.53 bits per heavy atom. The predicted octanol–water partition coefficient (Wildman–Crippen LogP) is 2.68. The molecule has 5 heteroatoms. The van der Waals surface area contributed by atoms with Gasteiger partial charge in [-0.05, 0) is 38.0 Å². The number of ether oxygens (including phenoxy) is 1. The van der Waals surface area contributed by atoms with Gasteiger partial charge in [-0.1, -0.05) is 19.1 Å². The van der Waals surface area contributed by atoms with Gasteiger partial charge in [-0.3, -0.25) is 4.99 Å². The van der Waals surface area contributed by atoms with Crippen LogP contribution in [0.1, 0.15) is 39.5 Å². The fourth-order valence-corrected chi connectivity index (χ4v) is 2.26. The molecule has 0 amide bonds. The zero-order chi connectivity index (χ0) is 13.6. The Morgan fingerprint density at radius 2 is 2.05 bits per heavy atom. The van der Waals surface area contributed by atoms with E-state index in [0.717, 1.165) is 37.8 Å². The first kappa shape index (κ1) is 18.7. The summed E-state index contributed by atoms with van der Waals surface area (Å²) in [5.74, 6) is 0.521. The maximum atomic E-state index is 5.82. The van der Waals surface area contributed by atoms with Gasteiger partial charge in [0, 0.05) is 20.2 Å². The summed E-state index contributed by atoms with van der Waals surface area (Å²) in [6, 6.07) is 0. The van der Waals surface area contributed by atoms with Gasteiger partial charge in [-0.25, -0.2) is 0 Å². The Kier molecular flexibility index (Phi) is 8.65. The van der Waals surface area contributed by atoms with Crippen molar-refractivity contribution in [1.82, 2.24) is 5.32 Å². The largest absolute Gasteiger partial charge is 0.381 e. The first-order chi connectivity index (χ1) is 8.45. The average molecular weight is 381 g/mol. The second kappa shape index (κ2) is 8.79. The number of methoxy groups -OCH3 is 1. The summed E-state index contributed by atoms with van der Waals surface area (Å²) in [6.45, 7) is 9.56. The van der Waals surface area contributed by atoms with E-state index in [4.69, 9.17) is 10.5 Å². The molecular formula is C14H28IN3O. The van der Waals surface area contributed by atoms with Gasteiger partial charge >= 0.3 is 0 Å². The molecule has 0 aromatic carbocycles. The van der Waals surface area contributed by atoms with Gasteiger partial charge in [0.15, 0.2) is 5.96 Å². The third-order valence-corrected chi connectivity index (χ3v) is 3.68. The Labute approximate surface area is 134 Å². The first-order valence-electron chi connectivity index (χ1n) is 6.66. The molecular weight excluding hydrogens is 353 g/mol. The van der Waals surface area contributed by atoms with Crippen LogP contribution in [0, 0.1) is 5.41 Å². The fourth-order valence-electron chi connectivity index (χ4n) is 2.26. The molecule has 1 rings (SSSR count). The molecule has 1 aliphatic carbocycles. The van der Waals surface area contributed by atoms with Crippen LogP contribution in [0.3, 0.4) is 0 Å². The van der Waals surface area contributed by atoms with Crippen LogP contribution in [-0.4, -0.2) is 32.3 Å². The van der Waals surface area contributed by atoms with E-state index in [1.165, 1.54) is 0 Å². The van der Waals surface area contributed by atoms with Crippen LogP contribution in [0.25, 0.3) is 0 Å². The monoisotopic (exact) mass is 381 g/mol. The van der Waals surface area contributed by atoms with Crippen LogP contribution in [0.5, 0.6) is 0 Å². The van der Waals surface area contributed by atoms with Crippen molar-refractivity contribution >= 4 is 29.9 Å². The highest BCUT2D eigenvalue weighted by atomic mass is 127. The number of hydrogen-bond acceptors (Lipinski definition) is 2. The van der Waals surface area contributed by atoms with E-state index in [-0.39, 0.29) is 29.4 Å². The van der Waals surface area contributed by atoms with Gasteiger partial charge in [0.2, 0.25) is 0 Å². The molecule has 0 aromatic rings. The highest BCUT2D eigenvalue weighted by Crippen LogP contribution is 2.36. The summed E-state index contributed by atoms with van der Waals surface area (Å²) in [5, 5.41) is 3.06. The summed E-state index contributed by atoms with van der Waals surface area (Å²) in [7, 11) is 1.80. The van der Waals surface area contributed by atoms with Crippen molar-refractivity contribution in [1.29, 1.82) is 0 Å². The van der Waals surface area contributed by atoms with Crippen LogP contribution in [0.15, 0.2) is 17.1 Å². The molecule has 4 nitrogen and oxygen atoms in total. The van der Waals surface area contributed by atoms with E-state index in [1.807, 2.05) is 6.92 Å². The number of hydrogen-bond donors (Lipinski definition) is 2. The van der Waals surface area contributed by atoms with Crippen LogP contribution < -0.4 is 11.1 Å². The van der Waals surface area contributed by atoms with E-state index in [0.29, 0.717) is 18.6 Å².